The number of likely N-dealkylation sites (tertiary alicyclic amines) is 1. The van der Waals surface area contributed by atoms with Crippen molar-refractivity contribution in [3.05, 3.63) is 0 Å². The van der Waals surface area contributed by atoms with Gasteiger partial charge in [-0.25, -0.2) is 0 Å². The third kappa shape index (κ3) is 4.20. The molecule has 0 bridgehead atoms. The van der Waals surface area contributed by atoms with Crippen LogP contribution in [0.25, 0.3) is 0 Å². The lowest BCUT2D eigenvalue weighted by Gasteiger charge is -2.32. The van der Waals surface area contributed by atoms with Gasteiger partial charge in [0.05, 0.1) is 0 Å². The smallest absolute Gasteiger partial charge is 0.222 e. The van der Waals surface area contributed by atoms with Gasteiger partial charge in [-0.2, -0.15) is 0 Å². The molecule has 1 rings (SSSR count). The zero-order chi connectivity index (χ0) is 11.3. The summed E-state index contributed by atoms with van der Waals surface area (Å²) in [6.45, 7) is 6.85. The summed E-state index contributed by atoms with van der Waals surface area (Å²) < 4.78 is 0. The molecule has 1 unspecified atom stereocenters. The first-order valence-corrected chi connectivity index (χ1v) is 6.11. The molecular formula is C12H24N2O. The molecule has 1 saturated heterocycles. The van der Waals surface area contributed by atoms with E-state index in [1.807, 2.05) is 4.90 Å². The second-order valence-corrected chi connectivity index (χ2v) is 5.02. The highest BCUT2D eigenvalue weighted by molar-refractivity contribution is 5.76. The Kier molecular flexibility index (Phi) is 5.09. The summed E-state index contributed by atoms with van der Waals surface area (Å²) in [7, 11) is 0. The quantitative estimate of drug-likeness (QED) is 0.769. The van der Waals surface area contributed by atoms with Crippen molar-refractivity contribution in [2.45, 2.75) is 39.5 Å². The minimum atomic E-state index is 0.321. The van der Waals surface area contributed by atoms with E-state index in [-0.39, 0.29) is 0 Å². The van der Waals surface area contributed by atoms with Crippen LogP contribution in [-0.2, 0) is 4.79 Å². The molecule has 3 heteroatoms. The molecule has 1 amide bonds. The molecule has 0 spiro atoms. The number of hydrogen-bond donors (Lipinski definition) is 1. The zero-order valence-corrected chi connectivity index (χ0v) is 10.0. The lowest BCUT2D eigenvalue weighted by atomic mass is 9.97. The Morgan fingerprint density at radius 2 is 2.27 bits per heavy atom. The van der Waals surface area contributed by atoms with Gasteiger partial charge in [0.1, 0.15) is 0 Å². The topological polar surface area (TPSA) is 46.3 Å². The van der Waals surface area contributed by atoms with Gasteiger partial charge in [-0.05, 0) is 37.6 Å². The molecule has 15 heavy (non-hydrogen) atoms. The third-order valence-electron chi connectivity index (χ3n) is 3.14. The van der Waals surface area contributed by atoms with Gasteiger partial charge in [0, 0.05) is 19.5 Å². The fourth-order valence-electron chi connectivity index (χ4n) is 2.05. The first-order chi connectivity index (χ1) is 7.13. The standard InChI is InChI=1S/C12H24N2O/c1-10(2)5-6-12(15)14-7-3-4-11(8-13)9-14/h10-11H,3-9,13H2,1-2H3. The number of piperidine rings is 1. The summed E-state index contributed by atoms with van der Waals surface area (Å²) in [4.78, 5) is 13.9. The number of hydrogen-bond acceptors (Lipinski definition) is 2. The summed E-state index contributed by atoms with van der Waals surface area (Å²) in [6, 6.07) is 0. The minimum Gasteiger partial charge on any atom is -0.342 e. The summed E-state index contributed by atoms with van der Waals surface area (Å²) in [5.74, 6) is 1.47. The molecule has 1 aliphatic rings. The molecule has 0 saturated carbocycles. The Labute approximate surface area is 93.0 Å². The molecule has 0 radical (unpaired) electrons. The predicted octanol–water partition coefficient (Wildman–Crippen LogP) is 1.62. The van der Waals surface area contributed by atoms with E-state index in [1.165, 1.54) is 6.42 Å². The van der Waals surface area contributed by atoms with E-state index in [0.29, 0.717) is 30.7 Å². The Morgan fingerprint density at radius 3 is 2.87 bits per heavy atom. The van der Waals surface area contributed by atoms with Crippen molar-refractivity contribution < 1.29 is 4.79 Å². The molecule has 88 valence electrons. The number of amides is 1. The fraction of sp³-hybridized carbons (Fsp3) is 0.917. The number of nitrogens with zero attached hydrogens (tertiary/aromatic N) is 1. The molecule has 3 nitrogen and oxygen atoms in total. The Morgan fingerprint density at radius 1 is 1.53 bits per heavy atom. The largest absolute Gasteiger partial charge is 0.342 e. The average Bonchev–Trinajstić information content (AvgIpc) is 2.26. The second-order valence-electron chi connectivity index (χ2n) is 5.02. The maximum absolute atomic E-state index is 11.8. The van der Waals surface area contributed by atoms with Crippen molar-refractivity contribution in [2.24, 2.45) is 17.6 Å². The molecular weight excluding hydrogens is 188 g/mol. The van der Waals surface area contributed by atoms with Gasteiger partial charge in [-0.1, -0.05) is 13.8 Å². The lowest BCUT2D eigenvalue weighted by Crippen LogP contribution is -2.42. The molecule has 2 N–H and O–H groups in total. The summed E-state index contributed by atoms with van der Waals surface area (Å²) >= 11 is 0. The van der Waals surface area contributed by atoms with Gasteiger partial charge in [-0.15, -0.1) is 0 Å². The molecule has 1 fully saturated rings. The van der Waals surface area contributed by atoms with Crippen LogP contribution in [0.15, 0.2) is 0 Å². The molecule has 0 aliphatic carbocycles. The monoisotopic (exact) mass is 212 g/mol. The van der Waals surface area contributed by atoms with Gasteiger partial charge in [0.2, 0.25) is 5.91 Å². The normalized spacial score (nSPS) is 22.1. The first kappa shape index (κ1) is 12.5. The molecule has 1 aliphatic heterocycles. The molecule has 0 aromatic rings. The van der Waals surface area contributed by atoms with Gasteiger partial charge >= 0.3 is 0 Å². The van der Waals surface area contributed by atoms with Crippen LogP contribution in [-0.4, -0.2) is 30.4 Å². The van der Waals surface area contributed by atoms with Crippen LogP contribution in [0.2, 0.25) is 0 Å². The van der Waals surface area contributed by atoms with Crippen LogP contribution >= 0.6 is 0 Å². The highest BCUT2D eigenvalue weighted by Gasteiger charge is 2.22. The highest BCUT2D eigenvalue weighted by Crippen LogP contribution is 2.17. The lowest BCUT2D eigenvalue weighted by molar-refractivity contribution is -0.133. The van der Waals surface area contributed by atoms with Crippen LogP contribution in [0, 0.1) is 11.8 Å². The van der Waals surface area contributed by atoms with E-state index in [1.54, 1.807) is 0 Å². The van der Waals surface area contributed by atoms with E-state index >= 15 is 0 Å². The van der Waals surface area contributed by atoms with Crippen molar-refractivity contribution in [3.63, 3.8) is 0 Å². The Balaban J connectivity index is 2.32. The maximum atomic E-state index is 11.8. The summed E-state index contributed by atoms with van der Waals surface area (Å²) in [6.07, 6.45) is 4.01. The predicted molar refractivity (Wildman–Crippen MR) is 62.4 cm³/mol. The van der Waals surface area contributed by atoms with Crippen molar-refractivity contribution in [3.8, 4) is 0 Å². The van der Waals surface area contributed by atoms with E-state index in [2.05, 4.69) is 13.8 Å². The number of nitrogens with two attached hydrogens (primary N) is 1. The SMILES string of the molecule is CC(C)CCC(=O)N1CCCC(CN)C1. The molecule has 1 heterocycles. The fourth-order valence-corrected chi connectivity index (χ4v) is 2.05. The van der Waals surface area contributed by atoms with Crippen molar-refractivity contribution >= 4 is 5.91 Å². The van der Waals surface area contributed by atoms with E-state index in [4.69, 9.17) is 5.73 Å². The first-order valence-electron chi connectivity index (χ1n) is 6.11. The van der Waals surface area contributed by atoms with Crippen molar-refractivity contribution in [2.75, 3.05) is 19.6 Å². The van der Waals surface area contributed by atoms with E-state index in [0.717, 1.165) is 25.9 Å². The third-order valence-corrected chi connectivity index (χ3v) is 3.14. The van der Waals surface area contributed by atoms with Crippen LogP contribution in [0.5, 0.6) is 0 Å². The molecule has 0 aromatic carbocycles. The van der Waals surface area contributed by atoms with Gasteiger partial charge in [0.15, 0.2) is 0 Å². The van der Waals surface area contributed by atoms with Gasteiger partial charge < -0.3 is 10.6 Å². The van der Waals surface area contributed by atoms with Crippen LogP contribution in [0.4, 0.5) is 0 Å². The second kappa shape index (κ2) is 6.11. The van der Waals surface area contributed by atoms with Crippen molar-refractivity contribution in [1.29, 1.82) is 0 Å². The maximum Gasteiger partial charge on any atom is 0.222 e. The van der Waals surface area contributed by atoms with E-state index in [9.17, 15) is 4.79 Å². The average molecular weight is 212 g/mol. The van der Waals surface area contributed by atoms with Gasteiger partial charge in [-0.3, -0.25) is 4.79 Å². The van der Waals surface area contributed by atoms with Gasteiger partial charge in [0.25, 0.3) is 0 Å². The zero-order valence-electron chi connectivity index (χ0n) is 10.0. The van der Waals surface area contributed by atoms with Crippen LogP contribution in [0.1, 0.15) is 39.5 Å². The van der Waals surface area contributed by atoms with Crippen LogP contribution in [0.3, 0.4) is 0 Å². The summed E-state index contributed by atoms with van der Waals surface area (Å²) in [5.41, 5.74) is 5.65. The number of rotatable bonds is 4. The number of carbonyl (C=O) groups excluding carboxylic acids is 1. The Hall–Kier alpha value is -0.570. The number of carbonyl (C=O) groups is 1. The van der Waals surface area contributed by atoms with Crippen LogP contribution < -0.4 is 5.73 Å². The minimum absolute atomic E-state index is 0.321. The Bertz CT molecular complexity index is 204. The van der Waals surface area contributed by atoms with E-state index < -0.39 is 0 Å². The summed E-state index contributed by atoms with van der Waals surface area (Å²) in [5, 5.41) is 0. The van der Waals surface area contributed by atoms with Crippen molar-refractivity contribution in [1.82, 2.24) is 4.90 Å². The highest BCUT2D eigenvalue weighted by atomic mass is 16.2. The molecule has 0 aromatic heterocycles. The molecule has 1 atom stereocenters.